The van der Waals surface area contributed by atoms with Gasteiger partial charge in [-0.2, -0.15) is 0 Å². The van der Waals surface area contributed by atoms with Crippen molar-refractivity contribution in [2.75, 3.05) is 0 Å². The third-order valence-corrected chi connectivity index (χ3v) is 3.57. The summed E-state index contributed by atoms with van der Waals surface area (Å²) in [5, 5.41) is 6.39. The minimum absolute atomic E-state index is 0.112. The van der Waals surface area contributed by atoms with Crippen LogP contribution in [0.5, 0.6) is 0 Å². The van der Waals surface area contributed by atoms with E-state index >= 15 is 0 Å². The summed E-state index contributed by atoms with van der Waals surface area (Å²) in [5.74, 6) is 0. The molecule has 0 saturated heterocycles. The molecule has 1 rings (SSSR count). The number of hydrogen-bond acceptors (Lipinski definition) is 5. The van der Waals surface area contributed by atoms with Gasteiger partial charge < -0.3 is 9.66 Å². The van der Waals surface area contributed by atoms with E-state index in [9.17, 15) is 22.0 Å². The maximum atomic E-state index is 11.1. The Bertz CT molecular complexity index is 501. The summed E-state index contributed by atoms with van der Waals surface area (Å²) in [6, 6.07) is 3.88. The Hall–Kier alpha value is -1.25. The fraction of sp³-hybridized carbons (Fsp3) is 0. The quantitative estimate of drug-likeness (QED) is 0.758. The van der Waals surface area contributed by atoms with Crippen LogP contribution in [0.15, 0.2) is 34.1 Å². The molecule has 0 saturated carbocycles. The molecule has 0 bridgehead atoms. The molecule has 6 nitrogen and oxygen atoms in total. The number of hydrogen-bond donors (Lipinski definition) is 1. The normalized spacial score (nSPS) is 13.4. The summed E-state index contributed by atoms with van der Waals surface area (Å²) in [4.78, 5) is 9.76. The van der Waals surface area contributed by atoms with Crippen molar-refractivity contribution in [1.82, 2.24) is 0 Å². The molecule has 0 amide bonds. The molecule has 1 unspecified atom stereocenters. The van der Waals surface area contributed by atoms with Crippen LogP contribution in [0.4, 0.5) is 4.79 Å². The summed E-state index contributed by atoms with van der Waals surface area (Å²) < 4.78 is 43.0. The molecule has 1 N–H and O–H groups in total. The molecule has 0 spiro atoms. The smallest absolute Gasteiger partial charge is 0.427 e. The summed E-state index contributed by atoms with van der Waals surface area (Å²) in [6.07, 6.45) is 0. The lowest BCUT2D eigenvalue weighted by molar-refractivity contribution is 0.219. The number of carboxylic acid groups (broad SMARTS) is 1. The topological polar surface area (TPSA) is 112 Å². The van der Waals surface area contributed by atoms with Crippen molar-refractivity contribution < 1.29 is 27.1 Å². The lowest BCUT2D eigenvalue weighted by atomic mass is 10.4. The maximum Gasteiger partial charge on any atom is 0.427 e. The second-order valence-electron chi connectivity index (χ2n) is 2.48. The first kappa shape index (κ1) is 11.8. The van der Waals surface area contributed by atoms with Gasteiger partial charge in [0.1, 0.15) is 0 Å². The number of sulfone groups is 1. The zero-order chi connectivity index (χ0) is 11.6. The van der Waals surface area contributed by atoms with Crippen molar-refractivity contribution in [1.29, 1.82) is 0 Å². The zero-order valence-electron chi connectivity index (χ0n) is 7.11. The average molecular weight is 249 g/mol. The van der Waals surface area contributed by atoms with Crippen LogP contribution in [0.3, 0.4) is 0 Å². The molecule has 0 aliphatic rings. The summed E-state index contributed by atoms with van der Waals surface area (Å²) in [6.45, 7) is 0. The van der Waals surface area contributed by atoms with Crippen LogP contribution in [0.2, 0.25) is 0 Å². The highest BCUT2D eigenvalue weighted by Crippen LogP contribution is 2.14. The lowest BCUT2D eigenvalue weighted by Crippen LogP contribution is -2.11. The van der Waals surface area contributed by atoms with Crippen LogP contribution in [0.25, 0.3) is 0 Å². The van der Waals surface area contributed by atoms with Crippen molar-refractivity contribution in [3.63, 3.8) is 0 Å². The van der Waals surface area contributed by atoms with E-state index in [1.54, 1.807) is 0 Å². The maximum absolute atomic E-state index is 11.1. The molecule has 0 heterocycles. The van der Waals surface area contributed by atoms with Crippen LogP contribution in [-0.4, -0.2) is 27.6 Å². The zero-order valence-corrected chi connectivity index (χ0v) is 8.75. The molecule has 15 heavy (non-hydrogen) atoms. The van der Waals surface area contributed by atoms with Gasteiger partial charge >= 0.3 is 5.30 Å². The van der Waals surface area contributed by atoms with Gasteiger partial charge in [0.2, 0.25) is 0 Å². The number of carbonyl (C=O) groups is 1. The molecule has 0 fully saturated rings. The van der Waals surface area contributed by atoms with E-state index in [1.807, 2.05) is 0 Å². The van der Waals surface area contributed by atoms with E-state index in [0.717, 1.165) is 24.3 Å². The largest absolute Gasteiger partial charge is 0.768 e. The van der Waals surface area contributed by atoms with Crippen molar-refractivity contribution in [2.24, 2.45) is 0 Å². The molecule has 8 heteroatoms. The van der Waals surface area contributed by atoms with Gasteiger partial charge in [0, 0.05) is 4.90 Å². The van der Waals surface area contributed by atoms with Crippen molar-refractivity contribution >= 4 is 26.2 Å². The standard InChI is InChI=1S/C7H6O6S2/c8-7(9)15(12,13)6-3-1-5(2-4-6)14(10)11/h1-4H,(H,8,9)(H,10,11)/p-1. The Balaban J connectivity index is 3.21. The minimum atomic E-state index is -4.40. The van der Waals surface area contributed by atoms with E-state index in [4.69, 9.17) is 5.11 Å². The van der Waals surface area contributed by atoms with Crippen molar-refractivity contribution in [3.8, 4) is 0 Å². The molecule has 1 aromatic carbocycles. The Morgan fingerprint density at radius 2 is 1.73 bits per heavy atom. The third kappa shape index (κ3) is 2.41. The Kier molecular flexibility index (Phi) is 3.22. The molecule has 0 aliphatic heterocycles. The first-order valence-electron chi connectivity index (χ1n) is 3.53. The second-order valence-corrected chi connectivity index (χ2v) is 5.24. The molecule has 0 aromatic heterocycles. The van der Waals surface area contributed by atoms with Gasteiger partial charge in [0.25, 0.3) is 9.84 Å². The van der Waals surface area contributed by atoms with Gasteiger partial charge in [0.15, 0.2) is 0 Å². The summed E-state index contributed by atoms with van der Waals surface area (Å²) in [7, 11) is -4.40. The van der Waals surface area contributed by atoms with Gasteiger partial charge in [0.05, 0.1) is 4.90 Å². The molecule has 0 aliphatic carbocycles. The molecule has 82 valence electrons. The SMILES string of the molecule is O=C(O)S(=O)(=O)c1ccc(S(=O)[O-])cc1. The highest BCUT2D eigenvalue weighted by Gasteiger charge is 2.23. The molecule has 0 radical (unpaired) electrons. The lowest BCUT2D eigenvalue weighted by Gasteiger charge is -2.05. The van der Waals surface area contributed by atoms with Crippen LogP contribution >= 0.6 is 0 Å². The third-order valence-electron chi connectivity index (χ3n) is 1.56. The van der Waals surface area contributed by atoms with E-state index in [2.05, 4.69) is 0 Å². The van der Waals surface area contributed by atoms with E-state index in [-0.39, 0.29) is 4.90 Å². The van der Waals surface area contributed by atoms with Crippen LogP contribution in [0.1, 0.15) is 0 Å². The second kappa shape index (κ2) is 4.09. The highest BCUT2D eigenvalue weighted by atomic mass is 32.2. The first-order chi connectivity index (χ1) is 6.85. The van der Waals surface area contributed by atoms with E-state index < -0.39 is 31.1 Å². The molecular weight excluding hydrogens is 244 g/mol. The van der Waals surface area contributed by atoms with E-state index in [0.29, 0.717) is 0 Å². The summed E-state index contributed by atoms with van der Waals surface area (Å²) >= 11 is -2.47. The fourth-order valence-corrected chi connectivity index (χ4v) is 1.89. The van der Waals surface area contributed by atoms with Gasteiger partial charge in [-0.05, 0) is 35.3 Å². The van der Waals surface area contributed by atoms with Crippen molar-refractivity contribution in [3.05, 3.63) is 24.3 Å². The monoisotopic (exact) mass is 249 g/mol. The number of rotatable bonds is 2. The van der Waals surface area contributed by atoms with Crippen LogP contribution in [0, 0.1) is 0 Å². The fourth-order valence-electron chi connectivity index (χ4n) is 0.831. The predicted octanol–water partition coefficient (Wildman–Crippen LogP) is 0.376. The first-order valence-corrected chi connectivity index (χ1v) is 6.09. The predicted molar refractivity (Wildman–Crippen MR) is 48.8 cm³/mol. The van der Waals surface area contributed by atoms with Crippen molar-refractivity contribution in [2.45, 2.75) is 9.79 Å². The Labute approximate surface area is 87.8 Å². The van der Waals surface area contributed by atoms with Gasteiger partial charge in [-0.3, -0.25) is 4.21 Å². The number of benzene rings is 1. The average Bonchev–Trinajstić information content (AvgIpc) is 2.17. The summed E-state index contributed by atoms with van der Waals surface area (Å²) in [5.41, 5.74) is 0. The van der Waals surface area contributed by atoms with Gasteiger partial charge in [-0.15, -0.1) is 0 Å². The molecule has 1 aromatic rings. The van der Waals surface area contributed by atoms with E-state index in [1.165, 1.54) is 0 Å². The Morgan fingerprint density at radius 1 is 1.27 bits per heavy atom. The minimum Gasteiger partial charge on any atom is -0.768 e. The Morgan fingerprint density at radius 3 is 2.07 bits per heavy atom. The molecule has 1 atom stereocenters. The highest BCUT2D eigenvalue weighted by molar-refractivity contribution is 8.05. The van der Waals surface area contributed by atoms with Crippen LogP contribution < -0.4 is 0 Å². The van der Waals surface area contributed by atoms with Gasteiger partial charge in [-0.25, -0.2) is 13.2 Å². The van der Waals surface area contributed by atoms with Crippen LogP contribution in [-0.2, 0) is 20.9 Å². The molecular formula is C7H5O6S2-. The van der Waals surface area contributed by atoms with Gasteiger partial charge in [-0.1, -0.05) is 0 Å².